The van der Waals surface area contributed by atoms with Crippen molar-refractivity contribution in [2.24, 2.45) is 0 Å². The third-order valence-electron chi connectivity index (χ3n) is 3.78. The first kappa shape index (κ1) is 17.2. The number of ether oxygens (including phenoxy) is 3. The van der Waals surface area contributed by atoms with Crippen molar-refractivity contribution < 1.29 is 19.0 Å². The molecular formula is C17H18ClN3O4. The van der Waals surface area contributed by atoms with Gasteiger partial charge in [-0.05, 0) is 24.3 Å². The molecule has 8 heteroatoms. The number of nitrogens with one attached hydrogen (secondary N) is 1. The molecular weight excluding hydrogens is 346 g/mol. The topological polar surface area (TPSA) is 72.9 Å². The third-order valence-corrected chi connectivity index (χ3v) is 4.07. The minimum absolute atomic E-state index is 0.134. The van der Waals surface area contributed by atoms with Gasteiger partial charge in [0.25, 0.3) is 0 Å². The van der Waals surface area contributed by atoms with Gasteiger partial charge in [0, 0.05) is 6.20 Å². The number of rotatable bonds is 5. The zero-order valence-corrected chi connectivity index (χ0v) is 14.6. The Morgan fingerprint density at radius 2 is 2.04 bits per heavy atom. The molecule has 2 heterocycles. The average Bonchev–Trinajstić information content (AvgIpc) is 2.58. The van der Waals surface area contributed by atoms with Gasteiger partial charge in [-0.2, -0.15) is 0 Å². The number of likely N-dealkylation sites (tertiary alicyclic amines) is 1. The van der Waals surface area contributed by atoms with E-state index in [9.17, 15) is 4.79 Å². The smallest absolute Gasteiger partial charge is 0.322 e. The lowest BCUT2D eigenvalue weighted by molar-refractivity contribution is 0.0461. The number of pyridine rings is 1. The molecule has 0 radical (unpaired) electrons. The quantitative estimate of drug-likeness (QED) is 0.883. The van der Waals surface area contributed by atoms with Gasteiger partial charge in [-0.3, -0.25) is 0 Å². The first-order valence-corrected chi connectivity index (χ1v) is 8.04. The summed E-state index contributed by atoms with van der Waals surface area (Å²) in [4.78, 5) is 18.0. The first-order valence-electron chi connectivity index (χ1n) is 7.66. The Bertz CT molecular complexity index is 765. The number of para-hydroxylation sites is 1. The summed E-state index contributed by atoms with van der Waals surface area (Å²) in [7, 11) is 3.07. The normalized spacial score (nSPS) is 13.8. The zero-order chi connectivity index (χ0) is 17.8. The highest BCUT2D eigenvalue weighted by atomic mass is 35.5. The number of aromatic nitrogens is 1. The predicted octanol–water partition coefficient (Wildman–Crippen LogP) is 3.05. The molecule has 0 saturated carbocycles. The number of hydrogen-bond donors (Lipinski definition) is 1. The molecule has 7 nitrogen and oxygen atoms in total. The summed E-state index contributed by atoms with van der Waals surface area (Å²) < 4.78 is 16.2. The van der Waals surface area contributed by atoms with Crippen LogP contribution >= 0.6 is 11.6 Å². The van der Waals surface area contributed by atoms with Gasteiger partial charge in [-0.25, -0.2) is 9.78 Å². The minimum atomic E-state index is -0.237. The number of hydrogen-bond acceptors (Lipinski definition) is 5. The fraction of sp³-hybridized carbons (Fsp3) is 0.294. The number of urea groups is 1. The lowest BCUT2D eigenvalue weighted by Gasteiger charge is -2.38. The molecule has 25 heavy (non-hydrogen) atoms. The molecule has 0 spiro atoms. The highest BCUT2D eigenvalue weighted by Crippen LogP contribution is 2.35. The van der Waals surface area contributed by atoms with E-state index in [1.807, 2.05) is 0 Å². The monoisotopic (exact) mass is 363 g/mol. The molecule has 132 valence electrons. The summed E-state index contributed by atoms with van der Waals surface area (Å²) in [5.41, 5.74) is 0.545. The molecule has 2 aromatic rings. The van der Waals surface area contributed by atoms with Crippen LogP contribution in [0, 0.1) is 0 Å². The second-order valence-corrected chi connectivity index (χ2v) is 5.81. The number of benzene rings is 1. The Kier molecular flexibility index (Phi) is 5.14. The van der Waals surface area contributed by atoms with E-state index in [0.717, 1.165) is 0 Å². The highest BCUT2D eigenvalue weighted by molar-refractivity contribution is 6.31. The summed E-state index contributed by atoms with van der Waals surface area (Å²) >= 11 is 6.01. The van der Waals surface area contributed by atoms with Crippen LogP contribution < -0.4 is 19.5 Å². The molecule has 0 aliphatic carbocycles. The number of anilines is 1. The van der Waals surface area contributed by atoms with E-state index in [0.29, 0.717) is 41.2 Å². The highest BCUT2D eigenvalue weighted by Gasteiger charge is 2.33. The molecule has 1 N–H and O–H groups in total. The fourth-order valence-corrected chi connectivity index (χ4v) is 2.64. The third kappa shape index (κ3) is 3.71. The van der Waals surface area contributed by atoms with Crippen molar-refractivity contribution in [3.8, 4) is 17.4 Å². The van der Waals surface area contributed by atoms with Crippen molar-refractivity contribution >= 4 is 23.3 Å². The van der Waals surface area contributed by atoms with Crippen LogP contribution in [0.2, 0.25) is 5.02 Å². The Balaban J connectivity index is 1.57. The molecule has 0 atom stereocenters. The van der Waals surface area contributed by atoms with Gasteiger partial charge in [0.2, 0.25) is 5.88 Å². The second kappa shape index (κ2) is 7.48. The van der Waals surface area contributed by atoms with Crippen LogP contribution in [0.25, 0.3) is 0 Å². The van der Waals surface area contributed by atoms with Gasteiger partial charge in [0.15, 0.2) is 11.5 Å². The molecule has 1 aromatic carbocycles. The van der Waals surface area contributed by atoms with Crippen molar-refractivity contribution in [2.45, 2.75) is 6.10 Å². The average molecular weight is 364 g/mol. The van der Waals surface area contributed by atoms with Crippen LogP contribution in [0.1, 0.15) is 0 Å². The molecule has 1 aliphatic rings. The molecule has 2 amide bonds. The maximum Gasteiger partial charge on any atom is 0.322 e. The van der Waals surface area contributed by atoms with Crippen molar-refractivity contribution in [2.75, 3.05) is 32.6 Å². The van der Waals surface area contributed by atoms with E-state index < -0.39 is 0 Å². The second-order valence-electron chi connectivity index (χ2n) is 5.41. The molecule has 0 unspecified atom stereocenters. The Hall–Kier alpha value is -2.67. The summed E-state index contributed by atoms with van der Waals surface area (Å²) in [6.45, 7) is 0.899. The molecule has 3 rings (SSSR count). The molecule has 1 saturated heterocycles. The van der Waals surface area contributed by atoms with Crippen LogP contribution in [0.5, 0.6) is 17.4 Å². The van der Waals surface area contributed by atoms with Gasteiger partial charge in [-0.15, -0.1) is 0 Å². The van der Waals surface area contributed by atoms with Gasteiger partial charge in [-0.1, -0.05) is 17.7 Å². The number of nitrogens with zero attached hydrogens (tertiary/aromatic N) is 2. The van der Waals surface area contributed by atoms with Gasteiger partial charge >= 0.3 is 6.03 Å². The van der Waals surface area contributed by atoms with Gasteiger partial charge in [0.1, 0.15) is 11.1 Å². The molecule has 1 aromatic heterocycles. The summed E-state index contributed by atoms with van der Waals surface area (Å²) in [5, 5.41) is 3.27. The summed E-state index contributed by atoms with van der Waals surface area (Å²) in [6.07, 6.45) is 1.48. The minimum Gasteiger partial charge on any atom is -0.493 e. The van der Waals surface area contributed by atoms with Crippen LogP contribution in [-0.4, -0.2) is 49.3 Å². The van der Waals surface area contributed by atoms with E-state index in [4.69, 9.17) is 25.8 Å². The summed E-state index contributed by atoms with van der Waals surface area (Å²) in [5.74, 6) is 1.41. The molecule has 1 aliphatic heterocycles. The number of halogens is 1. The number of carbonyl (C=O) groups excluding carboxylic acids is 1. The lowest BCUT2D eigenvalue weighted by Crippen LogP contribution is -2.57. The van der Waals surface area contributed by atoms with Crippen LogP contribution in [0.15, 0.2) is 36.5 Å². The van der Waals surface area contributed by atoms with Crippen molar-refractivity contribution in [1.29, 1.82) is 0 Å². The maximum atomic E-state index is 12.3. The number of carbonyl (C=O) groups is 1. The first-order chi connectivity index (χ1) is 12.1. The van der Waals surface area contributed by atoms with E-state index in [1.165, 1.54) is 7.11 Å². The zero-order valence-electron chi connectivity index (χ0n) is 13.9. The number of methoxy groups -OCH3 is 2. The van der Waals surface area contributed by atoms with E-state index >= 15 is 0 Å². The maximum absolute atomic E-state index is 12.3. The van der Waals surface area contributed by atoms with E-state index in [2.05, 4.69) is 10.3 Å². The van der Waals surface area contributed by atoms with Crippen LogP contribution in [0.4, 0.5) is 10.5 Å². The van der Waals surface area contributed by atoms with Crippen LogP contribution in [-0.2, 0) is 0 Å². The van der Waals surface area contributed by atoms with Gasteiger partial charge in [0.05, 0.1) is 33.0 Å². The Morgan fingerprint density at radius 3 is 2.72 bits per heavy atom. The SMILES string of the molecule is COc1cccc(NC(=O)N2CC(Oc3ncccc3Cl)C2)c1OC. The fourth-order valence-electron chi connectivity index (χ4n) is 2.47. The van der Waals surface area contributed by atoms with Crippen molar-refractivity contribution in [3.63, 3.8) is 0 Å². The van der Waals surface area contributed by atoms with Crippen molar-refractivity contribution in [1.82, 2.24) is 9.88 Å². The van der Waals surface area contributed by atoms with Crippen molar-refractivity contribution in [3.05, 3.63) is 41.6 Å². The summed E-state index contributed by atoms with van der Waals surface area (Å²) in [6, 6.07) is 8.50. The largest absolute Gasteiger partial charge is 0.493 e. The predicted molar refractivity (Wildman–Crippen MR) is 93.8 cm³/mol. The van der Waals surface area contributed by atoms with Crippen LogP contribution in [0.3, 0.4) is 0 Å². The van der Waals surface area contributed by atoms with E-state index in [1.54, 1.807) is 48.5 Å². The Morgan fingerprint density at radius 1 is 1.24 bits per heavy atom. The standard InChI is InChI=1S/C17H18ClN3O4/c1-23-14-7-3-6-13(15(14)24-2)20-17(22)21-9-11(10-21)25-16-12(18)5-4-8-19-16/h3-8,11H,9-10H2,1-2H3,(H,20,22). The molecule has 0 bridgehead atoms. The lowest BCUT2D eigenvalue weighted by atomic mass is 10.2. The molecule has 1 fully saturated rings. The number of amides is 2. The van der Waals surface area contributed by atoms with E-state index in [-0.39, 0.29) is 12.1 Å². The van der Waals surface area contributed by atoms with Gasteiger partial charge < -0.3 is 24.4 Å². The Labute approximate surface area is 150 Å².